The van der Waals surface area contributed by atoms with Crippen LogP contribution in [0.25, 0.3) is 0 Å². The van der Waals surface area contributed by atoms with Gasteiger partial charge in [0.2, 0.25) is 5.88 Å². The first-order chi connectivity index (χ1) is 6.85. The van der Waals surface area contributed by atoms with Crippen LogP contribution < -0.4 is 4.74 Å². The second kappa shape index (κ2) is 3.31. The van der Waals surface area contributed by atoms with E-state index in [9.17, 15) is 0 Å². The molecule has 0 N–H and O–H groups in total. The van der Waals surface area contributed by atoms with Crippen LogP contribution in [0.4, 0.5) is 0 Å². The van der Waals surface area contributed by atoms with Crippen molar-refractivity contribution in [2.45, 2.75) is 12.8 Å². The molecule has 68 valence electrons. The van der Waals surface area contributed by atoms with E-state index in [1.165, 1.54) is 0 Å². The predicted molar refractivity (Wildman–Crippen MR) is 45.3 cm³/mol. The van der Waals surface area contributed by atoms with E-state index in [1.54, 1.807) is 0 Å². The maximum atomic E-state index is 8.71. The number of nitrogens with zero attached hydrogens (tertiary/aromatic N) is 4. The molecule has 0 fully saturated rings. The monoisotopic (exact) mass is 186 g/mol. The van der Waals surface area contributed by atoms with Crippen LogP contribution >= 0.6 is 0 Å². The van der Waals surface area contributed by atoms with Crippen molar-refractivity contribution in [1.82, 2.24) is 9.97 Å². The van der Waals surface area contributed by atoms with Crippen LogP contribution in [0, 0.1) is 22.7 Å². The lowest BCUT2D eigenvalue weighted by molar-refractivity contribution is 0.272. The SMILES string of the molecule is N#Cc1nc2c(nc1C#N)OCCC2. The Hall–Kier alpha value is -2.14. The molecule has 5 heteroatoms. The molecule has 1 aromatic heterocycles. The van der Waals surface area contributed by atoms with Gasteiger partial charge in [-0.1, -0.05) is 0 Å². The summed E-state index contributed by atoms with van der Waals surface area (Å²) >= 11 is 0. The number of rotatable bonds is 0. The Labute approximate surface area is 80.6 Å². The summed E-state index contributed by atoms with van der Waals surface area (Å²) in [6, 6.07) is 3.67. The highest BCUT2D eigenvalue weighted by Crippen LogP contribution is 2.21. The van der Waals surface area contributed by atoms with E-state index in [4.69, 9.17) is 15.3 Å². The van der Waals surface area contributed by atoms with Gasteiger partial charge in [-0.2, -0.15) is 15.5 Å². The number of fused-ring (bicyclic) bond motifs is 1. The summed E-state index contributed by atoms with van der Waals surface area (Å²) in [5.74, 6) is 0.395. The number of ether oxygens (including phenoxy) is 1. The molecule has 14 heavy (non-hydrogen) atoms. The Bertz CT molecular complexity index is 412. The highest BCUT2D eigenvalue weighted by Gasteiger charge is 2.17. The lowest BCUT2D eigenvalue weighted by atomic mass is 10.2. The van der Waals surface area contributed by atoms with Crippen LogP contribution in [0.2, 0.25) is 0 Å². The Balaban J connectivity index is 2.57. The fraction of sp³-hybridized carbons (Fsp3) is 0.333. The van der Waals surface area contributed by atoms with Gasteiger partial charge in [0.15, 0.2) is 11.4 Å². The fourth-order valence-electron chi connectivity index (χ4n) is 1.30. The van der Waals surface area contributed by atoms with Crippen molar-refractivity contribution < 1.29 is 4.74 Å². The lowest BCUT2D eigenvalue weighted by Gasteiger charge is -2.14. The van der Waals surface area contributed by atoms with Gasteiger partial charge in [0.1, 0.15) is 17.8 Å². The van der Waals surface area contributed by atoms with Crippen LogP contribution in [0.15, 0.2) is 0 Å². The minimum Gasteiger partial charge on any atom is -0.476 e. The molecular formula is C9H6N4O. The molecule has 0 radical (unpaired) electrons. The molecule has 0 aromatic carbocycles. The van der Waals surface area contributed by atoms with Gasteiger partial charge in [-0.25, -0.2) is 4.98 Å². The summed E-state index contributed by atoms with van der Waals surface area (Å²) in [5, 5.41) is 17.4. The molecular weight excluding hydrogens is 180 g/mol. The van der Waals surface area contributed by atoms with Crippen LogP contribution in [-0.4, -0.2) is 16.6 Å². The highest BCUT2D eigenvalue weighted by atomic mass is 16.5. The van der Waals surface area contributed by atoms with Gasteiger partial charge in [0.05, 0.1) is 6.61 Å². The zero-order chi connectivity index (χ0) is 9.97. The van der Waals surface area contributed by atoms with Crippen molar-refractivity contribution >= 4 is 0 Å². The number of hydrogen-bond acceptors (Lipinski definition) is 5. The van der Waals surface area contributed by atoms with E-state index in [2.05, 4.69) is 9.97 Å². The third kappa shape index (κ3) is 1.25. The first kappa shape index (κ1) is 8.46. The molecule has 0 saturated heterocycles. The van der Waals surface area contributed by atoms with Crippen molar-refractivity contribution in [3.8, 4) is 18.0 Å². The number of aryl methyl sites for hydroxylation is 1. The smallest absolute Gasteiger partial charge is 0.237 e. The Kier molecular flexibility index (Phi) is 2.00. The zero-order valence-corrected chi connectivity index (χ0v) is 7.32. The molecule has 2 heterocycles. The van der Waals surface area contributed by atoms with Crippen LogP contribution in [-0.2, 0) is 6.42 Å². The van der Waals surface area contributed by atoms with Gasteiger partial charge in [0.25, 0.3) is 0 Å². The third-order valence-electron chi connectivity index (χ3n) is 1.94. The van der Waals surface area contributed by atoms with Crippen molar-refractivity contribution in [2.75, 3.05) is 6.61 Å². The first-order valence-corrected chi connectivity index (χ1v) is 4.19. The Morgan fingerprint density at radius 2 is 1.86 bits per heavy atom. The first-order valence-electron chi connectivity index (χ1n) is 4.19. The van der Waals surface area contributed by atoms with Gasteiger partial charge >= 0.3 is 0 Å². The summed E-state index contributed by atoms with van der Waals surface area (Å²) in [7, 11) is 0. The molecule has 1 aliphatic rings. The normalized spacial score (nSPS) is 13.3. The molecule has 5 nitrogen and oxygen atoms in total. The lowest BCUT2D eigenvalue weighted by Crippen LogP contribution is -2.13. The molecule has 2 rings (SSSR count). The molecule has 0 amide bonds. The molecule has 0 unspecified atom stereocenters. The van der Waals surface area contributed by atoms with Crippen molar-refractivity contribution in [3.63, 3.8) is 0 Å². The van der Waals surface area contributed by atoms with E-state index < -0.39 is 0 Å². The predicted octanol–water partition coefficient (Wildman–Crippen LogP) is 0.545. The highest BCUT2D eigenvalue weighted by molar-refractivity contribution is 5.39. The zero-order valence-electron chi connectivity index (χ0n) is 7.32. The van der Waals surface area contributed by atoms with E-state index >= 15 is 0 Å². The summed E-state index contributed by atoms with van der Waals surface area (Å²) in [6.07, 6.45) is 1.63. The van der Waals surface area contributed by atoms with Crippen LogP contribution in [0.5, 0.6) is 5.88 Å². The molecule has 0 aliphatic carbocycles. The van der Waals surface area contributed by atoms with Gasteiger partial charge in [-0.05, 0) is 12.8 Å². The maximum Gasteiger partial charge on any atom is 0.237 e. The quantitative estimate of drug-likeness (QED) is 0.590. The number of hydrogen-bond donors (Lipinski definition) is 0. The van der Waals surface area contributed by atoms with Crippen LogP contribution in [0.3, 0.4) is 0 Å². The van der Waals surface area contributed by atoms with E-state index in [0.29, 0.717) is 18.2 Å². The minimum absolute atomic E-state index is 0.0353. The molecule has 1 aromatic rings. The number of nitriles is 2. The van der Waals surface area contributed by atoms with E-state index in [-0.39, 0.29) is 11.4 Å². The van der Waals surface area contributed by atoms with Crippen molar-refractivity contribution in [2.24, 2.45) is 0 Å². The van der Waals surface area contributed by atoms with Crippen molar-refractivity contribution in [3.05, 3.63) is 17.1 Å². The van der Waals surface area contributed by atoms with Gasteiger partial charge in [-0.3, -0.25) is 0 Å². The molecule has 0 spiro atoms. The molecule has 0 saturated carbocycles. The average molecular weight is 186 g/mol. The Morgan fingerprint density at radius 1 is 1.14 bits per heavy atom. The largest absolute Gasteiger partial charge is 0.476 e. The second-order valence-corrected chi connectivity index (χ2v) is 2.85. The fourth-order valence-corrected chi connectivity index (χ4v) is 1.30. The van der Waals surface area contributed by atoms with Crippen molar-refractivity contribution in [1.29, 1.82) is 10.5 Å². The van der Waals surface area contributed by atoms with Gasteiger partial charge < -0.3 is 4.74 Å². The standard InChI is InChI=1S/C9H6N4O/c10-4-7-8(5-11)13-9-6(12-7)2-1-3-14-9/h1-3H2. The summed E-state index contributed by atoms with van der Waals surface area (Å²) in [5.41, 5.74) is 0.789. The third-order valence-corrected chi connectivity index (χ3v) is 1.94. The summed E-state index contributed by atoms with van der Waals surface area (Å²) in [6.45, 7) is 0.596. The Morgan fingerprint density at radius 3 is 2.57 bits per heavy atom. The topological polar surface area (TPSA) is 82.6 Å². The van der Waals surface area contributed by atoms with Gasteiger partial charge in [0, 0.05) is 0 Å². The molecule has 0 atom stereocenters. The van der Waals surface area contributed by atoms with E-state index in [1.807, 2.05) is 12.1 Å². The average Bonchev–Trinajstić information content (AvgIpc) is 2.27. The molecule has 1 aliphatic heterocycles. The minimum atomic E-state index is 0.0353. The maximum absolute atomic E-state index is 8.71. The number of aromatic nitrogens is 2. The summed E-state index contributed by atoms with van der Waals surface area (Å²) in [4.78, 5) is 7.97. The van der Waals surface area contributed by atoms with Gasteiger partial charge in [-0.15, -0.1) is 0 Å². The molecule has 0 bridgehead atoms. The van der Waals surface area contributed by atoms with E-state index in [0.717, 1.165) is 12.8 Å². The van der Waals surface area contributed by atoms with Crippen LogP contribution in [0.1, 0.15) is 23.5 Å². The summed E-state index contributed by atoms with van der Waals surface area (Å²) < 4.78 is 5.23. The second-order valence-electron chi connectivity index (χ2n) is 2.85.